The van der Waals surface area contributed by atoms with Crippen LogP contribution in [0, 0.1) is 12.3 Å². The molecule has 0 aromatic heterocycles. The van der Waals surface area contributed by atoms with Crippen LogP contribution in [0.3, 0.4) is 0 Å². The molecule has 1 rings (SSSR count). The molecule has 19 heavy (non-hydrogen) atoms. The zero-order valence-corrected chi connectivity index (χ0v) is 12.5. The molecule has 0 unspecified atom stereocenters. The second kappa shape index (κ2) is 6.80. The number of phenols is 1. The maximum absolute atomic E-state index is 12.1. The lowest BCUT2D eigenvalue weighted by Gasteiger charge is -2.29. The standard InChI is InChI=1S/C15H22ClNO2/c1-4-15(5-2,9-16)10-17-14(19)12-6-7-13(18)11(3)8-12/h6-8,18H,4-5,9-10H2,1-3H3,(H,17,19). The summed E-state index contributed by atoms with van der Waals surface area (Å²) in [6.07, 6.45) is 1.86. The van der Waals surface area contributed by atoms with E-state index in [2.05, 4.69) is 19.2 Å². The van der Waals surface area contributed by atoms with Crippen LogP contribution in [-0.2, 0) is 0 Å². The number of carbonyl (C=O) groups is 1. The second-order valence-corrected chi connectivity index (χ2v) is 5.29. The molecule has 1 amide bonds. The number of aryl methyl sites for hydroxylation is 1. The Hall–Kier alpha value is -1.22. The molecular formula is C15H22ClNO2. The van der Waals surface area contributed by atoms with Crippen LogP contribution in [0.4, 0.5) is 0 Å². The second-order valence-electron chi connectivity index (χ2n) is 5.02. The molecule has 0 bridgehead atoms. The van der Waals surface area contributed by atoms with E-state index >= 15 is 0 Å². The Kier molecular flexibility index (Phi) is 5.67. The van der Waals surface area contributed by atoms with Crippen LogP contribution in [-0.4, -0.2) is 23.4 Å². The van der Waals surface area contributed by atoms with Crippen LogP contribution in [0.5, 0.6) is 5.75 Å². The fourth-order valence-corrected chi connectivity index (χ4v) is 2.38. The summed E-state index contributed by atoms with van der Waals surface area (Å²) in [5, 5.41) is 12.4. The van der Waals surface area contributed by atoms with Crippen molar-refractivity contribution in [1.29, 1.82) is 0 Å². The number of aromatic hydroxyl groups is 1. The predicted octanol–water partition coefficient (Wildman–Crippen LogP) is 3.48. The highest BCUT2D eigenvalue weighted by atomic mass is 35.5. The van der Waals surface area contributed by atoms with Gasteiger partial charge in [-0.3, -0.25) is 4.79 Å². The molecule has 0 atom stereocenters. The first-order chi connectivity index (χ1) is 8.98. The Morgan fingerprint density at radius 2 is 2.00 bits per heavy atom. The molecule has 0 aliphatic heterocycles. The smallest absolute Gasteiger partial charge is 0.251 e. The number of hydrogen-bond donors (Lipinski definition) is 2. The van der Waals surface area contributed by atoms with Crippen LogP contribution < -0.4 is 5.32 Å². The molecular weight excluding hydrogens is 262 g/mol. The molecule has 0 aliphatic carbocycles. The van der Waals surface area contributed by atoms with Crippen molar-refractivity contribution in [2.45, 2.75) is 33.6 Å². The summed E-state index contributed by atoms with van der Waals surface area (Å²) in [7, 11) is 0. The van der Waals surface area contributed by atoms with E-state index in [4.69, 9.17) is 11.6 Å². The Labute approximate surface area is 120 Å². The Morgan fingerprint density at radius 3 is 2.47 bits per heavy atom. The number of alkyl halides is 1. The van der Waals surface area contributed by atoms with Crippen LogP contribution >= 0.6 is 11.6 Å². The molecule has 0 radical (unpaired) electrons. The van der Waals surface area contributed by atoms with Crippen molar-refractivity contribution in [2.24, 2.45) is 5.41 Å². The van der Waals surface area contributed by atoms with Gasteiger partial charge >= 0.3 is 0 Å². The van der Waals surface area contributed by atoms with Crippen molar-refractivity contribution in [3.63, 3.8) is 0 Å². The van der Waals surface area contributed by atoms with Crippen molar-refractivity contribution in [1.82, 2.24) is 5.32 Å². The molecule has 0 saturated carbocycles. The number of benzene rings is 1. The first kappa shape index (κ1) is 15.8. The van der Waals surface area contributed by atoms with E-state index in [1.165, 1.54) is 0 Å². The number of carbonyl (C=O) groups excluding carboxylic acids is 1. The lowest BCUT2D eigenvalue weighted by Crippen LogP contribution is -2.38. The number of halogens is 1. The molecule has 2 N–H and O–H groups in total. The Bertz CT molecular complexity index is 434. The Balaban J connectivity index is 2.72. The zero-order valence-electron chi connectivity index (χ0n) is 11.8. The summed E-state index contributed by atoms with van der Waals surface area (Å²) in [5.74, 6) is 0.614. The van der Waals surface area contributed by atoms with Gasteiger partial charge in [-0.15, -0.1) is 11.6 Å². The van der Waals surface area contributed by atoms with Gasteiger partial charge in [-0.05, 0) is 43.5 Å². The highest BCUT2D eigenvalue weighted by molar-refractivity contribution is 6.18. The third-order valence-electron chi connectivity index (χ3n) is 3.87. The quantitative estimate of drug-likeness (QED) is 0.785. The molecule has 0 heterocycles. The summed E-state index contributed by atoms with van der Waals surface area (Å²) < 4.78 is 0. The van der Waals surface area contributed by atoms with Gasteiger partial charge in [0.2, 0.25) is 0 Å². The maximum atomic E-state index is 12.1. The molecule has 0 saturated heterocycles. The molecule has 0 aliphatic rings. The van der Waals surface area contributed by atoms with E-state index in [1.54, 1.807) is 25.1 Å². The van der Waals surface area contributed by atoms with Gasteiger partial charge in [0, 0.05) is 23.4 Å². The molecule has 1 aromatic carbocycles. The van der Waals surface area contributed by atoms with Gasteiger partial charge < -0.3 is 10.4 Å². The van der Waals surface area contributed by atoms with Crippen molar-refractivity contribution in [3.8, 4) is 5.75 Å². The minimum absolute atomic E-state index is 0.0385. The van der Waals surface area contributed by atoms with Gasteiger partial charge in [0.1, 0.15) is 5.75 Å². The van der Waals surface area contributed by atoms with E-state index < -0.39 is 0 Å². The zero-order chi connectivity index (χ0) is 14.5. The molecule has 4 heteroatoms. The number of hydrogen-bond acceptors (Lipinski definition) is 2. The summed E-state index contributed by atoms with van der Waals surface area (Å²) in [6, 6.07) is 4.85. The summed E-state index contributed by atoms with van der Waals surface area (Å²) in [5.41, 5.74) is 1.22. The average Bonchev–Trinajstić information content (AvgIpc) is 2.43. The monoisotopic (exact) mass is 283 g/mol. The first-order valence-electron chi connectivity index (χ1n) is 6.62. The number of rotatable bonds is 6. The molecule has 1 aromatic rings. The number of phenolic OH excluding ortho intramolecular Hbond substituents is 1. The van der Waals surface area contributed by atoms with E-state index in [-0.39, 0.29) is 17.1 Å². The molecule has 3 nitrogen and oxygen atoms in total. The fraction of sp³-hybridized carbons (Fsp3) is 0.533. The predicted molar refractivity (Wildman–Crippen MR) is 78.9 cm³/mol. The van der Waals surface area contributed by atoms with Gasteiger partial charge in [-0.25, -0.2) is 0 Å². The molecule has 106 valence electrons. The van der Waals surface area contributed by atoms with Crippen LogP contribution in [0.25, 0.3) is 0 Å². The van der Waals surface area contributed by atoms with Crippen LogP contribution in [0.2, 0.25) is 0 Å². The minimum Gasteiger partial charge on any atom is -0.508 e. The van der Waals surface area contributed by atoms with Crippen molar-refractivity contribution in [3.05, 3.63) is 29.3 Å². The van der Waals surface area contributed by atoms with Gasteiger partial charge in [0.25, 0.3) is 5.91 Å². The fourth-order valence-electron chi connectivity index (χ4n) is 1.90. The van der Waals surface area contributed by atoms with E-state index in [0.717, 1.165) is 12.8 Å². The molecule has 0 spiro atoms. The van der Waals surface area contributed by atoms with Crippen molar-refractivity contribution in [2.75, 3.05) is 12.4 Å². The highest BCUT2D eigenvalue weighted by Crippen LogP contribution is 2.27. The Morgan fingerprint density at radius 1 is 1.37 bits per heavy atom. The van der Waals surface area contributed by atoms with Gasteiger partial charge in [0.15, 0.2) is 0 Å². The average molecular weight is 284 g/mol. The number of amides is 1. The number of nitrogens with one attached hydrogen (secondary N) is 1. The minimum atomic E-state index is -0.125. The van der Waals surface area contributed by atoms with Gasteiger partial charge in [-0.2, -0.15) is 0 Å². The van der Waals surface area contributed by atoms with Gasteiger partial charge in [-0.1, -0.05) is 13.8 Å². The third-order valence-corrected chi connectivity index (χ3v) is 4.43. The lowest BCUT2D eigenvalue weighted by molar-refractivity contribution is 0.0931. The largest absolute Gasteiger partial charge is 0.508 e. The topological polar surface area (TPSA) is 49.3 Å². The van der Waals surface area contributed by atoms with Crippen molar-refractivity contribution >= 4 is 17.5 Å². The van der Waals surface area contributed by atoms with E-state index in [1.807, 2.05) is 0 Å². The normalized spacial score (nSPS) is 11.4. The first-order valence-corrected chi connectivity index (χ1v) is 7.15. The molecule has 0 fully saturated rings. The van der Waals surface area contributed by atoms with Crippen LogP contribution in [0.15, 0.2) is 18.2 Å². The lowest BCUT2D eigenvalue weighted by atomic mass is 9.84. The van der Waals surface area contributed by atoms with E-state index in [9.17, 15) is 9.90 Å². The summed E-state index contributed by atoms with van der Waals surface area (Å²) >= 11 is 6.02. The SMILES string of the molecule is CCC(CC)(CCl)CNC(=O)c1ccc(O)c(C)c1. The third kappa shape index (κ3) is 3.87. The maximum Gasteiger partial charge on any atom is 0.251 e. The summed E-state index contributed by atoms with van der Waals surface area (Å²) in [6.45, 7) is 6.51. The summed E-state index contributed by atoms with van der Waals surface area (Å²) in [4.78, 5) is 12.1. The van der Waals surface area contributed by atoms with Gasteiger partial charge in [0.05, 0.1) is 0 Å². The van der Waals surface area contributed by atoms with E-state index in [0.29, 0.717) is 23.6 Å². The van der Waals surface area contributed by atoms with Crippen LogP contribution in [0.1, 0.15) is 42.6 Å². The van der Waals surface area contributed by atoms with Crippen molar-refractivity contribution < 1.29 is 9.90 Å². The highest BCUT2D eigenvalue weighted by Gasteiger charge is 2.25.